The number of benzene rings is 2. The van der Waals surface area contributed by atoms with Gasteiger partial charge in [0.25, 0.3) is 5.91 Å². The molecule has 2 aromatic rings. The number of nitrogens with zero attached hydrogens (tertiary/aromatic N) is 1. The van der Waals surface area contributed by atoms with Gasteiger partial charge in [-0.2, -0.15) is 0 Å². The fourth-order valence-electron chi connectivity index (χ4n) is 2.73. The number of carbonyl (C=O) groups excluding carboxylic acids is 1. The SMILES string of the molecule is CCN(CC)Cc1ccc(CNC(=O)c2ccc(OC)c(OC)c2)cc1. The number of hydrogen-bond acceptors (Lipinski definition) is 4. The largest absolute Gasteiger partial charge is 0.493 e. The van der Waals surface area contributed by atoms with Crippen molar-refractivity contribution >= 4 is 5.91 Å². The highest BCUT2D eigenvalue weighted by molar-refractivity contribution is 5.94. The predicted octanol–water partition coefficient (Wildman–Crippen LogP) is 3.48. The molecule has 26 heavy (non-hydrogen) atoms. The Morgan fingerprint density at radius 3 is 2.12 bits per heavy atom. The van der Waals surface area contributed by atoms with Gasteiger partial charge in [0.1, 0.15) is 0 Å². The molecule has 0 heterocycles. The lowest BCUT2D eigenvalue weighted by molar-refractivity contribution is 0.0950. The van der Waals surface area contributed by atoms with E-state index in [1.807, 2.05) is 0 Å². The maximum absolute atomic E-state index is 12.4. The molecule has 0 aliphatic rings. The molecule has 0 atom stereocenters. The average molecular weight is 356 g/mol. The summed E-state index contributed by atoms with van der Waals surface area (Å²) in [6, 6.07) is 13.5. The fourth-order valence-corrected chi connectivity index (χ4v) is 2.73. The van der Waals surface area contributed by atoms with E-state index < -0.39 is 0 Å². The maximum Gasteiger partial charge on any atom is 0.251 e. The van der Waals surface area contributed by atoms with Crippen molar-refractivity contribution in [3.63, 3.8) is 0 Å². The Morgan fingerprint density at radius 2 is 1.54 bits per heavy atom. The van der Waals surface area contributed by atoms with E-state index in [-0.39, 0.29) is 5.91 Å². The summed E-state index contributed by atoms with van der Waals surface area (Å²) >= 11 is 0. The fraction of sp³-hybridized carbons (Fsp3) is 0.381. The van der Waals surface area contributed by atoms with E-state index in [4.69, 9.17) is 9.47 Å². The van der Waals surface area contributed by atoms with Crippen molar-refractivity contribution < 1.29 is 14.3 Å². The molecule has 0 fully saturated rings. The Balaban J connectivity index is 1.95. The molecule has 0 saturated carbocycles. The summed E-state index contributed by atoms with van der Waals surface area (Å²) in [6.45, 7) is 7.85. The number of carbonyl (C=O) groups is 1. The van der Waals surface area contributed by atoms with Gasteiger partial charge in [0.15, 0.2) is 11.5 Å². The second kappa shape index (κ2) is 9.82. The minimum absolute atomic E-state index is 0.141. The van der Waals surface area contributed by atoms with Crippen molar-refractivity contribution in [2.75, 3.05) is 27.3 Å². The van der Waals surface area contributed by atoms with Crippen LogP contribution in [0.5, 0.6) is 11.5 Å². The highest BCUT2D eigenvalue weighted by atomic mass is 16.5. The molecular formula is C21H28N2O3. The first-order chi connectivity index (χ1) is 12.6. The number of methoxy groups -OCH3 is 2. The van der Waals surface area contributed by atoms with Crippen LogP contribution in [0.15, 0.2) is 42.5 Å². The van der Waals surface area contributed by atoms with E-state index in [9.17, 15) is 4.79 Å². The zero-order valence-corrected chi connectivity index (χ0v) is 16.0. The normalized spacial score (nSPS) is 10.7. The number of hydrogen-bond donors (Lipinski definition) is 1. The van der Waals surface area contributed by atoms with Crippen LogP contribution in [-0.4, -0.2) is 38.1 Å². The molecule has 5 heteroatoms. The van der Waals surface area contributed by atoms with Gasteiger partial charge < -0.3 is 14.8 Å². The predicted molar refractivity (Wildman–Crippen MR) is 104 cm³/mol. The van der Waals surface area contributed by atoms with Gasteiger partial charge in [-0.05, 0) is 42.4 Å². The smallest absolute Gasteiger partial charge is 0.251 e. The van der Waals surface area contributed by atoms with Gasteiger partial charge >= 0.3 is 0 Å². The summed E-state index contributed by atoms with van der Waals surface area (Å²) < 4.78 is 10.4. The van der Waals surface area contributed by atoms with E-state index in [2.05, 4.69) is 48.3 Å². The lowest BCUT2D eigenvalue weighted by Crippen LogP contribution is -2.23. The number of ether oxygens (including phenoxy) is 2. The number of amides is 1. The second-order valence-electron chi connectivity index (χ2n) is 6.03. The summed E-state index contributed by atoms with van der Waals surface area (Å²) in [4.78, 5) is 14.7. The van der Waals surface area contributed by atoms with Crippen molar-refractivity contribution in [2.24, 2.45) is 0 Å². The zero-order valence-electron chi connectivity index (χ0n) is 16.0. The molecule has 0 saturated heterocycles. The summed E-state index contributed by atoms with van der Waals surface area (Å²) in [5, 5.41) is 2.94. The third-order valence-electron chi connectivity index (χ3n) is 4.42. The van der Waals surface area contributed by atoms with Crippen LogP contribution in [0.25, 0.3) is 0 Å². The van der Waals surface area contributed by atoms with Crippen LogP contribution in [0.4, 0.5) is 0 Å². The van der Waals surface area contributed by atoms with Crippen molar-refractivity contribution in [1.82, 2.24) is 10.2 Å². The molecule has 0 spiro atoms. The molecule has 0 aliphatic heterocycles. The Hall–Kier alpha value is -2.53. The quantitative estimate of drug-likeness (QED) is 0.747. The molecule has 2 aromatic carbocycles. The molecule has 5 nitrogen and oxygen atoms in total. The molecule has 0 aromatic heterocycles. The van der Waals surface area contributed by atoms with Crippen molar-refractivity contribution in [2.45, 2.75) is 26.9 Å². The molecule has 2 rings (SSSR count). The Morgan fingerprint density at radius 1 is 0.923 bits per heavy atom. The molecular weight excluding hydrogens is 328 g/mol. The van der Waals surface area contributed by atoms with Crippen molar-refractivity contribution in [3.8, 4) is 11.5 Å². The maximum atomic E-state index is 12.4. The summed E-state index contributed by atoms with van der Waals surface area (Å²) in [5.41, 5.74) is 2.89. The van der Waals surface area contributed by atoms with E-state index >= 15 is 0 Å². The van der Waals surface area contributed by atoms with Crippen LogP contribution >= 0.6 is 0 Å². The molecule has 1 amide bonds. The minimum Gasteiger partial charge on any atom is -0.493 e. The second-order valence-corrected chi connectivity index (χ2v) is 6.03. The van der Waals surface area contributed by atoms with Gasteiger partial charge in [-0.3, -0.25) is 9.69 Å². The number of rotatable bonds is 9. The van der Waals surface area contributed by atoms with Crippen molar-refractivity contribution in [1.29, 1.82) is 0 Å². The van der Waals surface area contributed by atoms with Crippen LogP contribution in [-0.2, 0) is 13.1 Å². The highest BCUT2D eigenvalue weighted by Gasteiger charge is 2.10. The zero-order chi connectivity index (χ0) is 18.9. The molecule has 0 aliphatic carbocycles. The Kier molecular flexibility index (Phi) is 7.48. The Bertz CT molecular complexity index is 710. The topological polar surface area (TPSA) is 50.8 Å². The molecule has 0 bridgehead atoms. The minimum atomic E-state index is -0.141. The van der Waals surface area contributed by atoms with Gasteiger partial charge in [0.2, 0.25) is 0 Å². The Labute approximate surface area is 155 Å². The van der Waals surface area contributed by atoms with Gasteiger partial charge in [0, 0.05) is 18.7 Å². The van der Waals surface area contributed by atoms with Crippen LogP contribution in [0, 0.1) is 0 Å². The van der Waals surface area contributed by atoms with Crippen LogP contribution < -0.4 is 14.8 Å². The first-order valence-corrected chi connectivity index (χ1v) is 8.91. The third kappa shape index (κ3) is 5.23. The van der Waals surface area contributed by atoms with Crippen LogP contribution in [0.2, 0.25) is 0 Å². The summed E-state index contributed by atoms with van der Waals surface area (Å²) in [5.74, 6) is 1.01. The van der Waals surface area contributed by atoms with Gasteiger partial charge in [-0.25, -0.2) is 0 Å². The molecule has 140 valence electrons. The van der Waals surface area contributed by atoms with E-state index in [0.717, 1.165) is 25.2 Å². The molecule has 0 unspecified atom stereocenters. The molecule has 1 N–H and O–H groups in total. The van der Waals surface area contributed by atoms with Crippen LogP contribution in [0.1, 0.15) is 35.3 Å². The molecule has 0 radical (unpaired) electrons. The highest BCUT2D eigenvalue weighted by Crippen LogP contribution is 2.27. The lowest BCUT2D eigenvalue weighted by Gasteiger charge is -2.18. The van der Waals surface area contributed by atoms with E-state index in [1.165, 1.54) is 5.56 Å². The summed E-state index contributed by atoms with van der Waals surface area (Å²) in [7, 11) is 3.13. The first-order valence-electron chi connectivity index (χ1n) is 8.91. The van der Waals surface area contributed by atoms with Gasteiger partial charge in [-0.1, -0.05) is 38.1 Å². The van der Waals surface area contributed by atoms with Gasteiger partial charge in [-0.15, -0.1) is 0 Å². The number of nitrogens with one attached hydrogen (secondary N) is 1. The lowest BCUT2D eigenvalue weighted by atomic mass is 10.1. The van der Waals surface area contributed by atoms with E-state index in [0.29, 0.717) is 23.6 Å². The monoisotopic (exact) mass is 356 g/mol. The first kappa shape index (κ1) is 19.8. The standard InChI is InChI=1S/C21H28N2O3/c1-5-23(6-2)15-17-9-7-16(8-10-17)14-22-21(24)18-11-12-19(25-3)20(13-18)26-4/h7-13H,5-6,14-15H2,1-4H3,(H,22,24). The average Bonchev–Trinajstić information content (AvgIpc) is 2.70. The van der Waals surface area contributed by atoms with E-state index in [1.54, 1.807) is 32.4 Å². The third-order valence-corrected chi connectivity index (χ3v) is 4.42. The van der Waals surface area contributed by atoms with Crippen molar-refractivity contribution in [3.05, 3.63) is 59.2 Å². The summed E-state index contributed by atoms with van der Waals surface area (Å²) in [6.07, 6.45) is 0. The van der Waals surface area contributed by atoms with Crippen LogP contribution in [0.3, 0.4) is 0 Å². The van der Waals surface area contributed by atoms with Gasteiger partial charge in [0.05, 0.1) is 14.2 Å².